The molecule has 0 fully saturated rings. The molecule has 37 heavy (non-hydrogen) atoms. The molecule has 0 N–H and O–H groups in total. The molecule has 0 radical (unpaired) electrons. The van der Waals surface area contributed by atoms with E-state index in [-0.39, 0.29) is 35.6 Å². The van der Waals surface area contributed by atoms with E-state index in [1.54, 1.807) is 0 Å². The third-order valence-electron chi connectivity index (χ3n) is 5.46. The largest absolute Gasteiger partial charge is 3.00 e. The molecule has 216 valence electrons. The van der Waals surface area contributed by atoms with Crippen molar-refractivity contribution in [3.05, 3.63) is 0 Å². The zero-order valence-corrected chi connectivity index (χ0v) is 33.1. The van der Waals surface area contributed by atoms with Crippen LogP contribution in [0.4, 0.5) is 0 Å². The smallest absolute Gasteiger partial charge is 0.411 e. The van der Waals surface area contributed by atoms with Crippen LogP contribution in [0.25, 0.3) is 0 Å². The van der Waals surface area contributed by atoms with E-state index in [9.17, 15) is 0 Å². The maximum Gasteiger partial charge on any atom is 3.00 e. The van der Waals surface area contributed by atoms with Gasteiger partial charge in [-0.3, -0.25) is 0 Å². The number of hydrogen-bond acceptors (Lipinski definition) is 6. The maximum atomic E-state index is 4.98. The molecule has 0 atom stereocenters. The zero-order valence-electron chi connectivity index (χ0n) is 24.6. The molecule has 0 heterocycles. The number of hydrogen-bond donors (Lipinski definition) is 0. The van der Waals surface area contributed by atoms with Crippen LogP contribution in [0.5, 0.6) is 0 Å². The topological polar surface area (TPSA) is 9.72 Å². The standard InChI is InChI=1S/3C9H19NS2.La/c3*1-3-5-7-10(9(11)12)8-6-4-2;/h3*3-8H2,1-2H3,(H,11,12);/q;;;+3/p-3. The molecule has 0 spiro atoms. The number of unbranched alkanes of at least 4 members (excludes halogenated alkanes) is 6. The van der Waals surface area contributed by atoms with Crippen molar-refractivity contribution in [3.8, 4) is 0 Å². The van der Waals surface area contributed by atoms with Gasteiger partial charge in [0.2, 0.25) is 0 Å². The van der Waals surface area contributed by atoms with Crippen LogP contribution < -0.4 is 0 Å². The molecule has 0 saturated heterocycles. The van der Waals surface area contributed by atoms with E-state index in [4.69, 9.17) is 74.5 Å². The zero-order chi connectivity index (χ0) is 28.2. The summed E-state index contributed by atoms with van der Waals surface area (Å²) in [5.41, 5.74) is 0. The summed E-state index contributed by atoms with van der Waals surface area (Å²) in [4.78, 5) is 6.41. The van der Waals surface area contributed by atoms with Gasteiger partial charge in [0.15, 0.2) is 0 Å². The van der Waals surface area contributed by atoms with Gasteiger partial charge in [0.25, 0.3) is 0 Å². The first-order valence-corrected chi connectivity index (χ1v) is 16.5. The molecule has 3 nitrogen and oxygen atoms in total. The van der Waals surface area contributed by atoms with E-state index in [0.29, 0.717) is 13.0 Å². The SMILES string of the molecule is CCCCN(CCCC)C(=S)[S-].CCCCN(CCCC)C(=S)[S-].CCCCN(CCCC)C(=S)[S-].[La+3]. The predicted octanol–water partition coefficient (Wildman–Crippen LogP) is 8.16. The van der Waals surface area contributed by atoms with Gasteiger partial charge in [-0.1, -0.05) is 93.0 Å². The first-order chi connectivity index (χ1) is 17.2. The van der Waals surface area contributed by atoms with E-state index in [1.807, 2.05) is 0 Å². The van der Waals surface area contributed by atoms with Gasteiger partial charge in [0.05, 0.1) is 0 Å². The van der Waals surface area contributed by atoms with Crippen molar-refractivity contribution in [2.45, 2.75) is 119 Å². The maximum absolute atomic E-state index is 4.98. The van der Waals surface area contributed by atoms with Crippen LogP contribution in [0.3, 0.4) is 0 Å². The van der Waals surface area contributed by atoms with Gasteiger partial charge >= 0.3 is 35.6 Å². The minimum Gasteiger partial charge on any atom is -0.411 e. The summed E-state index contributed by atoms with van der Waals surface area (Å²) in [5, 5.41) is 0. The molecule has 10 heteroatoms. The van der Waals surface area contributed by atoms with Gasteiger partial charge in [-0.2, -0.15) is 0 Å². The van der Waals surface area contributed by atoms with Crippen molar-refractivity contribution in [2.24, 2.45) is 0 Å². The van der Waals surface area contributed by atoms with Gasteiger partial charge in [-0.25, -0.2) is 0 Å². The molecule has 0 rings (SSSR count). The van der Waals surface area contributed by atoms with Gasteiger partial charge in [0, 0.05) is 39.3 Å². The Morgan fingerprint density at radius 1 is 0.405 bits per heavy atom. The number of nitrogens with zero attached hydrogens (tertiary/aromatic N) is 3. The fraction of sp³-hybridized carbons (Fsp3) is 0.889. The summed E-state index contributed by atoms with van der Waals surface area (Å²) in [5.74, 6) is 0. The molecule has 0 amide bonds. The second kappa shape index (κ2) is 35.6. The Morgan fingerprint density at radius 3 is 0.622 bits per heavy atom. The Labute approximate surface area is 292 Å². The summed E-state index contributed by atoms with van der Waals surface area (Å²) in [7, 11) is 0. The number of thiocarbonyl (C=S) groups is 3. The van der Waals surface area contributed by atoms with Crippen LogP contribution in [0.1, 0.15) is 119 Å². The van der Waals surface area contributed by atoms with Crippen molar-refractivity contribution in [3.63, 3.8) is 0 Å². The van der Waals surface area contributed by atoms with Crippen LogP contribution in [-0.2, 0) is 37.9 Å². The van der Waals surface area contributed by atoms with E-state index in [2.05, 4.69) is 56.2 Å². The molecule has 0 aromatic rings. The number of rotatable bonds is 18. The third kappa shape index (κ3) is 33.6. The first kappa shape index (κ1) is 45.5. The van der Waals surface area contributed by atoms with Crippen molar-refractivity contribution in [1.82, 2.24) is 14.7 Å². The van der Waals surface area contributed by atoms with Gasteiger partial charge in [0.1, 0.15) is 0 Å². The Hall–Kier alpha value is 1.52. The van der Waals surface area contributed by atoms with Gasteiger partial charge in [-0.15, -0.1) is 0 Å². The van der Waals surface area contributed by atoms with Crippen molar-refractivity contribution >= 4 is 87.5 Å². The summed E-state index contributed by atoms with van der Waals surface area (Å²) in [6.45, 7) is 19.4. The molecular weight excluding hydrogens is 698 g/mol. The molecule has 0 aromatic heterocycles. The third-order valence-corrected chi connectivity index (χ3v) is 7.01. The van der Waals surface area contributed by atoms with Crippen molar-refractivity contribution in [2.75, 3.05) is 39.3 Å². The molecule has 0 saturated carbocycles. The minimum atomic E-state index is 0. The molecule has 0 unspecified atom stereocenters. The monoisotopic (exact) mass is 751 g/mol. The van der Waals surface area contributed by atoms with Crippen molar-refractivity contribution < 1.29 is 35.6 Å². The Balaban J connectivity index is -0.000000218. The van der Waals surface area contributed by atoms with Gasteiger partial charge < -0.3 is 89.2 Å². The fourth-order valence-electron chi connectivity index (χ4n) is 2.98. The Bertz CT molecular complexity index is 431. The molecule has 0 bridgehead atoms. The Morgan fingerprint density at radius 2 is 0.541 bits per heavy atom. The fourth-order valence-corrected chi connectivity index (χ4v) is 4.07. The average Bonchev–Trinajstić information content (AvgIpc) is 2.84. The molecular formula is C27H54LaN3S6. The van der Waals surface area contributed by atoms with Crippen LogP contribution in [0.2, 0.25) is 0 Å². The van der Waals surface area contributed by atoms with Crippen molar-refractivity contribution in [1.29, 1.82) is 0 Å². The second-order valence-electron chi connectivity index (χ2n) is 8.88. The summed E-state index contributed by atoms with van der Waals surface area (Å²) in [6.07, 6.45) is 14.4. The van der Waals surface area contributed by atoms with Crippen LogP contribution in [0.15, 0.2) is 0 Å². The molecule has 0 aliphatic carbocycles. The quantitative estimate of drug-likeness (QED) is 0.101. The second-order valence-corrected chi connectivity index (χ2v) is 12.0. The minimum absolute atomic E-state index is 0. The van der Waals surface area contributed by atoms with E-state index >= 15 is 0 Å². The molecule has 0 aliphatic rings. The normalized spacial score (nSPS) is 9.57. The average molecular weight is 752 g/mol. The van der Waals surface area contributed by atoms with E-state index in [0.717, 1.165) is 39.3 Å². The molecule has 0 aromatic carbocycles. The predicted molar refractivity (Wildman–Crippen MR) is 184 cm³/mol. The van der Waals surface area contributed by atoms with E-state index < -0.39 is 0 Å². The summed E-state index contributed by atoms with van der Waals surface area (Å²) < 4.78 is 1.91. The van der Waals surface area contributed by atoms with Gasteiger partial charge in [-0.05, 0) is 38.5 Å². The van der Waals surface area contributed by atoms with Crippen LogP contribution in [0, 0.1) is 35.6 Å². The van der Waals surface area contributed by atoms with E-state index in [1.165, 1.54) is 77.0 Å². The first-order valence-electron chi connectivity index (χ1n) is 14.0. The summed E-state index contributed by atoms with van der Waals surface area (Å²) >= 11 is 29.9. The van der Waals surface area contributed by atoms with Crippen LogP contribution >= 0.6 is 36.7 Å². The van der Waals surface area contributed by atoms with Crippen LogP contribution in [-0.4, -0.2) is 66.9 Å². The Kier molecular flexibility index (Phi) is 43.7. The summed E-state index contributed by atoms with van der Waals surface area (Å²) in [6, 6.07) is 0. The molecule has 0 aliphatic heterocycles.